The molecule has 0 bridgehead atoms. The number of hydrogen-bond donors (Lipinski definition) is 1. The normalized spacial score (nSPS) is 14.5. The Balaban J connectivity index is 1.89. The fourth-order valence-electron chi connectivity index (χ4n) is 4.13. The molecule has 1 aliphatic heterocycles. The molecule has 1 amide bonds. The standard InChI is InChI=1S/C26H25ClFN3O3/c1-5-6-24(28)34-23-13-22-18(12-19(23)27)26(33)31(21-9-10-25(32)29-17(21)4)14-30(22)20-8-7-15(2)11-16(20)3/h5-13,24H,14H2,1-4H3,(H,29,32)/b6-5+. The van der Waals surface area contributed by atoms with Crippen LogP contribution in [0.15, 0.2) is 59.4 Å². The van der Waals surface area contributed by atoms with Gasteiger partial charge >= 0.3 is 0 Å². The van der Waals surface area contributed by atoms with Crippen molar-refractivity contribution >= 4 is 34.6 Å². The highest BCUT2D eigenvalue weighted by atomic mass is 35.5. The summed E-state index contributed by atoms with van der Waals surface area (Å²) in [5, 5.41) is 0.125. The Kier molecular flexibility index (Phi) is 6.48. The van der Waals surface area contributed by atoms with Crippen LogP contribution in [0.25, 0.3) is 0 Å². The maximum Gasteiger partial charge on any atom is 0.262 e. The number of pyridine rings is 1. The molecule has 4 rings (SSSR count). The largest absolute Gasteiger partial charge is 0.455 e. The molecule has 0 fully saturated rings. The number of benzene rings is 2. The molecule has 2 heterocycles. The average Bonchev–Trinajstić information content (AvgIpc) is 2.76. The van der Waals surface area contributed by atoms with Crippen molar-refractivity contribution in [2.75, 3.05) is 16.5 Å². The Bertz CT molecular complexity index is 1350. The number of carbonyl (C=O) groups excluding carboxylic acids is 1. The molecule has 0 spiro atoms. The van der Waals surface area contributed by atoms with E-state index in [0.717, 1.165) is 16.8 Å². The van der Waals surface area contributed by atoms with Crippen molar-refractivity contribution in [1.82, 2.24) is 4.98 Å². The Morgan fingerprint density at radius 2 is 1.76 bits per heavy atom. The van der Waals surface area contributed by atoms with Gasteiger partial charge < -0.3 is 14.6 Å². The first-order valence-electron chi connectivity index (χ1n) is 10.8. The fraction of sp³-hybridized carbons (Fsp3) is 0.231. The number of aromatic nitrogens is 1. The van der Waals surface area contributed by atoms with Crippen LogP contribution in [0, 0.1) is 20.8 Å². The van der Waals surface area contributed by atoms with E-state index in [9.17, 15) is 14.0 Å². The van der Waals surface area contributed by atoms with Crippen molar-refractivity contribution in [2.45, 2.75) is 34.1 Å². The molecule has 1 unspecified atom stereocenters. The van der Waals surface area contributed by atoms with Crippen molar-refractivity contribution in [2.24, 2.45) is 0 Å². The van der Waals surface area contributed by atoms with E-state index in [1.807, 2.05) is 30.9 Å². The van der Waals surface area contributed by atoms with Gasteiger partial charge in [0.1, 0.15) is 12.4 Å². The highest BCUT2D eigenvalue weighted by Gasteiger charge is 2.34. The smallest absolute Gasteiger partial charge is 0.262 e. The summed E-state index contributed by atoms with van der Waals surface area (Å²) in [7, 11) is 0. The van der Waals surface area contributed by atoms with Crippen molar-refractivity contribution in [3.05, 3.63) is 92.4 Å². The van der Waals surface area contributed by atoms with E-state index < -0.39 is 6.36 Å². The molecule has 3 aromatic rings. The van der Waals surface area contributed by atoms with Gasteiger partial charge in [0.25, 0.3) is 12.3 Å². The van der Waals surface area contributed by atoms with Gasteiger partial charge in [-0.25, -0.2) is 0 Å². The molecular weight excluding hydrogens is 457 g/mol. The predicted octanol–water partition coefficient (Wildman–Crippen LogP) is 5.96. The summed E-state index contributed by atoms with van der Waals surface area (Å²) in [5.74, 6) is -0.146. The molecule has 0 radical (unpaired) electrons. The minimum Gasteiger partial charge on any atom is -0.455 e. The summed E-state index contributed by atoms with van der Waals surface area (Å²) >= 11 is 6.41. The molecule has 0 saturated heterocycles. The number of nitrogens with one attached hydrogen (secondary N) is 1. The first-order chi connectivity index (χ1) is 16.2. The lowest BCUT2D eigenvalue weighted by molar-refractivity contribution is 0.0983. The van der Waals surface area contributed by atoms with E-state index in [1.54, 1.807) is 37.0 Å². The third kappa shape index (κ3) is 4.43. The maximum absolute atomic E-state index is 14.2. The van der Waals surface area contributed by atoms with Gasteiger partial charge in [-0.2, -0.15) is 4.39 Å². The van der Waals surface area contributed by atoms with Crippen molar-refractivity contribution in [3.63, 3.8) is 0 Å². The molecule has 1 N–H and O–H groups in total. The van der Waals surface area contributed by atoms with Crippen molar-refractivity contribution in [3.8, 4) is 5.75 Å². The number of halogens is 2. The van der Waals surface area contributed by atoms with Crippen LogP contribution < -0.4 is 20.1 Å². The van der Waals surface area contributed by atoms with E-state index in [1.165, 1.54) is 18.2 Å². The fourth-order valence-corrected chi connectivity index (χ4v) is 4.34. The molecule has 1 aliphatic rings. The van der Waals surface area contributed by atoms with Crippen LogP contribution in [0.3, 0.4) is 0 Å². The number of nitrogens with zero attached hydrogens (tertiary/aromatic N) is 2. The van der Waals surface area contributed by atoms with Gasteiger partial charge in [0, 0.05) is 23.5 Å². The summed E-state index contributed by atoms with van der Waals surface area (Å²) in [6.07, 6.45) is 1.14. The van der Waals surface area contributed by atoms with Gasteiger partial charge in [-0.05, 0) is 57.5 Å². The summed E-state index contributed by atoms with van der Waals surface area (Å²) in [4.78, 5) is 31.6. The summed E-state index contributed by atoms with van der Waals surface area (Å²) in [5.41, 5.74) is 4.80. The number of ether oxygens (including phenoxy) is 1. The van der Waals surface area contributed by atoms with Gasteiger partial charge in [-0.1, -0.05) is 35.4 Å². The molecule has 2 aromatic carbocycles. The Hall–Kier alpha value is -3.58. The third-order valence-corrected chi connectivity index (χ3v) is 6.00. The second kappa shape index (κ2) is 9.35. The Labute approximate surface area is 202 Å². The van der Waals surface area contributed by atoms with Crippen LogP contribution in [0.1, 0.15) is 34.1 Å². The molecule has 0 aliphatic carbocycles. The zero-order valence-corrected chi connectivity index (χ0v) is 20.1. The predicted molar refractivity (Wildman–Crippen MR) is 133 cm³/mol. The third-order valence-electron chi connectivity index (χ3n) is 5.70. The number of allylic oxidation sites excluding steroid dienone is 1. The lowest BCUT2D eigenvalue weighted by atomic mass is 10.0. The summed E-state index contributed by atoms with van der Waals surface area (Å²) < 4.78 is 19.6. The summed E-state index contributed by atoms with van der Waals surface area (Å²) in [6, 6.07) is 12.1. The van der Waals surface area contributed by atoms with Crippen LogP contribution in [0.4, 0.5) is 21.5 Å². The maximum atomic E-state index is 14.2. The van der Waals surface area contributed by atoms with E-state index >= 15 is 0 Å². The van der Waals surface area contributed by atoms with Gasteiger partial charge in [0.15, 0.2) is 0 Å². The molecular formula is C26H25ClFN3O3. The van der Waals surface area contributed by atoms with Gasteiger partial charge in [-0.3, -0.25) is 14.5 Å². The zero-order valence-electron chi connectivity index (χ0n) is 19.4. The number of rotatable bonds is 5. The highest BCUT2D eigenvalue weighted by molar-refractivity contribution is 6.33. The van der Waals surface area contributed by atoms with Crippen LogP contribution in [-0.2, 0) is 0 Å². The number of alkyl halides is 1. The Morgan fingerprint density at radius 3 is 2.44 bits per heavy atom. The zero-order chi connectivity index (χ0) is 24.6. The molecule has 1 atom stereocenters. The van der Waals surface area contributed by atoms with Gasteiger partial charge in [0.05, 0.1) is 22.0 Å². The quantitative estimate of drug-likeness (QED) is 0.456. The first-order valence-corrected chi connectivity index (χ1v) is 11.2. The van der Waals surface area contributed by atoms with Crippen LogP contribution in [0.2, 0.25) is 5.02 Å². The van der Waals surface area contributed by atoms with Crippen molar-refractivity contribution in [1.29, 1.82) is 0 Å². The second-order valence-electron chi connectivity index (χ2n) is 8.22. The molecule has 6 nitrogen and oxygen atoms in total. The second-order valence-corrected chi connectivity index (χ2v) is 8.63. The average molecular weight is 482 g/mol. The minimum absolute atomic E-state index is 0.125. The molecule has 1 aromatic heterocycles. The number of aryl methyl sites for hydroxylation is 3. The van der Waals surface area contributed by atoms with E-state index in [4.69, 9.17) is 16.3 Å². The number of amides is 1. The Morgan fingerprint density at radius 1 is 1.03 bits per heavy atom. The molecule has 0 saturated carbocycles. The number of anilines is 3. The number of H-pyrrole nitrogens is 1. The topological polar surface area (TPSA) is 65.6 Å². The van der Waals surface area contributed by atoms with E-state index in [2.05, 4.69) is 11.1 Å². The highest BCUT2D eigenvalue weighted by Crippen LogP contribution is 2.42. The van der Waals surface area contributed by atoms with Crippen LogP contribution in [-0.4, -0.2) is 23.9 Å². The monoisotopic (exact) mass is 481 g/mol. The lowest BCUT2D eigenvalue weighted by Crippen LogP contribution is -2.45. The first kappa shape index (κ1) is 23.6. The number of fused-ring (bicyclic) bond motifs is 1. The molecule has 34 heavy (non-hydrogen) atoms. The lowest BCUT2D eigenvalue weighted by Gasteiger charge is -2.39. The van der Waals surface area contributed by atoms with Crippen LogP contribution >= 0.6 is 11.6 Å². The number of aromatic amines is 1. The molecule has 8 heteroatoms. The van der Waals surface area contributed by atoms with Crippen molar-refractivity contribution < 1.29 is 13.9 Å². The number of carbonyl (C=O) groups is 1. The minimum atomic E-state index is -1.67. The van der Waals surface area contributed by atoms with Crippen LogP contribution in [0.5, 0.6) is 5.75 Å². The number of hydrogen-bond acceptors (Lipinski definition) is 4. The van der Waals surface area contributed by atoms with E-state index in [-0.39, 0.29) is 28.9 Å². The SMILES string of the molecule is C/C=C/C(F)Oc1cc2c(cc1Cl)C(=O)N(c1ccc(=O)[nH]c1C)CN2c1ccc(C)cc1C. The van der Waals surface area contributed by atoms with Gasteiger partial charge in [-0.15, -0.1) is 0 Å². The molecule has 176 valence electrons. The van der Waals surface area contributed by atoms with E-state index in [0.29, 0.717) is 22.6 Å². The summed E-state index contributed by atoms with van der Waals surface area (Å²) in [6.45, 7) is 7.61. The van der Waals surface area contributed by atoms with Gasteiger partial charge in [0.2, 0.25) is 5.56 Å².